The predicted molar refractivity (Wildman–Crippen MR) is 79.4 cm³/mol. The Bertz CT molecular complexity index is 405. The molecule has 1 aliphatic carbocycles. The van der Waals surface area contributed by atoms with Crippen LogP contribution in [0.25, 0.3) is 0 Å². The summed E-state index contributed by atoms with van der Waals surface area (Å²) >= 11 is 12.3. The summed E-state index contributed by atoms with van der Waals surface area (Å²) in [5.74, 6) is 1.71. The van der Waals surface area contributed by atoms with E-state index in [2.05, 4.69) is 19.2 Å². The Morgan fingerprint density at radius 1 is 1.33 bits per heavy atom. The lowest BCUT2D eigenvalue weighted by Gasteiger charge is -2.19. The average molecular weight is 286 g/mol. The van der Waals surface area contributed by atoms with Gasteiger partial charge in [0.1, 0.15) is 0 Å². The van der Waals surface area contributed by atoms with Crippen LogP contribution in [-0.4, -0.2) is 6.54 Å². The third-order valence-corrected chi connectivity index (χ3v) is 4.80. The maximum atomic E-state index is 6.23. The van der Waals surface area contributed by atoms with Gasteiger partial charge in [0.15, 0.2) is 0 Å². The second kappa shape index (κ2) is 6.27. The average Bonchev–Trinajstić information content (AvgIpc) is 2.76. The van der Waals surface area contributed by atoms with Crippen LogP contribution in [0.2, 0.25) is 10.0 Å². The van der Waals surface area contributed by atoms with E-state index in [0.717, 1.165) is 23.9 Å². The fraction of sp³-hybridized carbons (Fsp3) is 0.600. The van der Waals surface area contributed by atoms with E-state index in [0.29, 0.717) is 10.0 Å². The molecule has 0 radical (unpaired) electrons. The van der Waals surface area contributed by atoms with E-state index in [1.54, 1.807) is 0 Å². The van der Waals surface area contributed by atoms with Crippen LogP contribution >= 0.6 is 23.2 Å². The molecule has 0 spiro atoms. The Kier molecular flexibility index (Phi) is 4.94. The zero-order valence-corrected chi connectivity index (χ0v) is 12.6. The van der Waals surface area contributed by atoms with Gasteiger partial charge >= 0.3 is 0 Å². The van der Waals surface area contributed by atoms with Crippen LogP contribution in [0.15, 0.2) is 18.2 Å². The van der Waals surface area contributed by atoms with Crippen molar-refractivity contribution in [3.8, 4) is 0 Å². The van der Waals surface area contributed by atoms with E-state index in [1.165, 1.54) is 19.3 Å². The van der Waals surface area contributed by atoms with E-state index in [4.69, 9.17) is 23.2 Å². The first-order chi connectivity index (χ1) is 8.58. The van der Waals surface area contributed by atoms with Crippen molar-refractivity contribution in [3.05, 3.63) is 33.8 Å². The molecule has 3 unspecified atom stereocenters. The summed E-state index contributed by atoms with van der Waals surface area (Å²) < 4.78 is 0. The molecule has 0 aromatic heterocycles. The highest BCUT2D eigenvalue weighted by Gasteiger charge is 2.22. The van der Waals surface area contributed by atoms with Crippen LogP contribution in [0.4, 0.5) is 0 Å². The normalized spacial score (nSPS) is 25.3. The molecule has 1 nitrogen and oxygen atoms in total. The molecule has 18 heavy (non-hydrogen) atoms. The first-order valence-corrected chi connectivity index (χ1v) is 7.50. The number of hydrogen-bond acceptors (Lipinski definition) is 1. The zero-order valence-electron chi connectivity index (χ0n) is 11.0. The van der Waals surface area contributed by atoms with Crippen LogP contribution in [-0.2, 0) is 0 Å². The van der Waals surface area contributed by atoms with Gasteiger partial charge < -0.3 is 5.32 Å². The second-order valence-corrected chi connectivity index (χ2v) is 6.34. The SMILES string of the molecule is CC1CCC(CNC(C)c2cccc(Cl)c2Cl)C1. The number of rotatable bonds is 4. The van der Waals surface area contributed by atoms with Crippen molar-refractivity contribution < 1.29 is 0 Å². The molecule has 0 amide bonds. The van der Waals surface area contributed by atoms with Crippen LogP contribution < -0.4 is 5.32 Å². The lowest BCUT2D eigenvalue weighted by atomic mass is 10.0. The molecule has 100 valence electrons. The van der Waals surface area contributed by atoms with Gasteiger partial charge in [-0.1, -0.05) is 48.7 Å². The van der Waals surface area contributed by atoms with Crippen molar-refractivity contribution in [1.29, 1.82) is 0 Å². The van der Waals surface area contributed by atoms with Crippen molar-refractivity contribution >= 4 is 23.2 Å². The standard InChI is InChI=1S/C15H21Cl2N/c1-10-6-7-12(8-10)9-18-11(2)13-4-3-5-14(16)15(13)17/h3-5,10-12,18H,6-9H2,1-2H3. The van der Waals surface area contributed by atoms with E-state index in [-0.39, 0.29) is 6.04 Å². The Morgan fingerprint density at radius 2 is 2.11 bits per heavy atom. The molecule has 1 N–H and O–H groups in total. The first-order valence-electron chi connectivity index (χ1n) is 6.75. The summed E-state index contributed by atoms with van der Waals surface area (Å²) in [6, 6.07) is 6.09. The van der Waals surface area contributed by atoms with Crippen molar-refractivity contribution in [1.82, 2.24) is 5.32 Å². The smallest absolute Gasteiger partial charge is 0.0639 e. The molecule has 0 aliphatic heterocycles. The highest BCUT2D eigenvalue weighted by Crippen LogP contribution is 2.32. The molecule has 1 saturated carbocycles. The molecule has 3 heteroatoms. The fourth-order valence-corrected chi connectivity index (χ4v) is 3.29. The molecule has 1 aromatic carbocycles. The van der Waals surface area contributed by atoms with Crippen LogP contribution in [0, 0.1) is 11.8 Å². The molecular formula is C15H21Cl2N. The third kappa shape index (κ3) is 3.40. The van der Waals surface area contributed by atoms with Gasteiger partial charge in [0, 0.05) is 6.04 Å². The Morgan fingerprint density at radius 3 is 2.78 bits per heavy atom. The third-order valence-electron chi connectivity index (χ3n) is 3.96. The van der Waals surface area contributed by atoms with Crippen LogP contribution in [0.1, 0.15) is 44.7 Å². The zero-order chi connectivity index (χ0) is 13.1. The topological polar surface area (TPSA) is 12.0 Å². The summed E-state index contributed by atoms with van der Waals surface area (Å²) in [7, 11) is 0. The fourth-order valence-electron chi connectivity index (χ4n) is 2.82. The van der Waals surface area contributed by atoms with E-state index >= 15 is 0 Å². The van der Waals surface area contributed by atoms with E-state index in [9.17, 15) is 0 Å². The molecule has 1 aromatic rings. The van der Waals surface area contributed by atoms with Gasteiger partial charge in [-0.25, -0.2) is 0 Å². The highest BCUT2D eigenvalue weighted by atomic mass is 35.5. The molecule has 1 aliphatic rings. The summed E-state index contributed by atoms with van der Waals surface area (Å²) in [5.41, 5.74) is 1.09. The van der Waals surface area contributed by atoms with Crippen LogP contribution in [0.5, 0.6) is 0 Å². The van der Waals surface area contributed by atoms with Gasteiger partial charge in [-0.3, -0.25) is 0 Å². The minimum absolute atomic E-state index is 0.257. The molecular weight excluding hydrogens is 265 g/mol. The number of halogens is 2. The van der Waals surface area contributed by atoms with Crippen molar-refractivity contribution in [2.75, 3.05) is 6.54 Å². The first kappa shape index (κ1) is 14.2. The van der Waals surface area contributed by atoms with Gasteiger partial charge in [0.25, 0.3) is 0 Å². The molecule has 0 heterocycles. The number of nitrogens with one attached hydrogen (secondary N) is 1. The van der Waals surface area contributed by atoms with E-state index in [1.807, 2.05) is 18.2 Å². The second-order valence-electron chi connectivity index (χ2n) is 5.56. The van der Waals surface area contributed by atoms with Gasteiger partial charge in [-0.2, -0.15) is 0 Å². The molecule has 1 fully saturated rings. The molecule has 0 bridgehead atoms. The Labute approximate surface area is 120 Å². The highest BCUT2D eigenvalue weighted by molar-refractivity contribution is 6.42. The van der Waals surface area contributed by atoms with Gasteiger partial charge in [-0.05, 0) is 49.8 Å². The molecule has 2 rings (SSSR count). The van der Waals surface area contributed by atoms with E-state index < -0.39 is 0 Å². The van der Waals surface area contributed by atoms with Gasteiger partial charge in [0.2, 0.25) is 0 Å². The monoisotopic (exact) mass is 285 g/mol. The Hall–Kier alpha value is -0.240. The largest absolute Gasteiger partial charge is 0.310 e. The van der Waals surface area contributed by atoms with Crippen molar-refractivity contribution in [2.24, 2.45) is 11.8 Å². The lowest BCUT2D eigenvalue weighted by Crippen LogP contribution is -2.25. The number of hydrogen-bond donors (Lipinski definition) is 1. The quantitative estimate of drug-likeness (QED) is 0.813. The Balaban J connectivity index is 1.91. The maximum Gasteiger partial charge on any atom is 0.0639 e. The minimum Gasteiger partial charge on any atom is -0.310 e. The molecule has 3 atom stereocenters. The molecule has 0 saturated heterocycles. The van der Waals surface area contributed by atoms with Crippen LogP contribution in [0.3, 0.4) is 0 Å². The summed E-state index contributed by atoms with van der Waals surface area (Å²) in [4.78, 5) is 0. The number of benzene rings is 1. The lowest BCUT2D eigenvalue weighted by molar-refractivity contribution is 0.440. The van der Waals surface area contributed by atoms with Gasteiger partial charge in [0.05, 0.1) is 10.0 Å². The predicted octanol–water partition coefficient (Wildman–Crippen LogP) is 5.08. The summed E-state index contributed by atoms with van der Waals surface area (Å²) in [6.45, 7) is 5.57. The van der Waals surface area contributed by atoms with Crippen molar-refractivity contribution in [2.45, 2.75) is 39.2 Å². The van der Waals surface area contributed by atoms with Crippen molar-refractivity contribution in [3.63, 3.8) is 0 Å². The van der Waals surface area contributed by atoms with Gasteiger partial charge in [-0.15, -0.1) is 0 Å². The summed E-state index contributed by atoms with van der Waals surface area (Å²) in [5, 5.41) is 4.90. The minimum atomic E-state index is 0.257. The summed E-state index contributed by atoms with van der Waals surface area (Å²) in [6.07, 6.45) is 4.08. The maximum absolute atomic E-state index is 6.23.